The molecule has 6 heteroatoms. The van der Waals surface area contributed by atoms with Crippen molar-refractivity contribution in [3.05, 3.63) is 49.6 Å². The minimum atomic E-state index is 0.212. The van der Waals surface area contributed by atoms with Crippen LogP contribution in [0.5, 0.6) is 5.75 Å². The first kappa shape index (κ1) is 13.8. The lowest BCUT2D eigenvalue weighted by molar-refractivity contribution is 0.468. The van der Waals surface area contributed by atoms with E-state index < -0.39 is 0 Å². The van der Waals surface area contributed by atoms with Crippen molar-refractivity contribution in [2.24, 2.45) is 0 Å². The molecule has 1 aromatic carbocycles. The smallest absolute Gasteiger partial charge is 0.143 e. The van der Waals surface area contributed by atoms with Crippen molar-refractivity contribution in [1.82, 2.24) is 4.98 Å². The van der Waals surface area contributed by atoms with E-state index in [9.17, 15) is 5.11 Å². The van der Waals surface area contributed by atoms with Crippen molar-refractivity contribution in [1.29, 1.82) is 0 Å². The van der Waals surface area contributed by atoms with Crippen LogP contribution in [-0.2, 0) is 6.54 Å². The number of benzene rings is 1. The first-order valence-electron chi connectivity index (χ1n) is 5.08. The van der Waals surface area contributed by atoms with Gasteiger partial charge in [0.1, 0.15) is 10.4 Å². The van der Waals surface area contributed by atoms with Crippen molar-refractivity contribution >= 4 is 53.5 Å². The molecule has 0 unspecified atom stereocenters. The molecular weight excluding hydrogens is 428 g/mol. The summed E-state index contributed by atoms with van der Waals surface area (Å²) in [5.74, 6) is 0.212. The first-order valence-corrected chi connectivity index (χ1v) is 7.46. The number of hydrogen-bond donors (Lipinski definition) is 2. The highest BCUT2D eigenvalue weighted by molar-refractivity contribution is 9.11. The number of hydrogen-bond acceptors (Lipinski definition) is 3. The van der Waals surface area contributed by atoms with Crippen LogP contribution in [0.2, 0.25) is 0 Å². The van der Waals surface area contributed by atoms with Gasteiger partial charge in [-0.2, -0.15) is 0 Å². The average molecular weight is 437 g/mol. The Labute approximate surface area is 130 Å². The van der Waals surface area contributed by atoms with Gasteiger partial charge >= 0.3 is 0 Å². The third kappa shape index (κ3) is 3.46. The Morgan fingerprint density at radius 1 is 1.11 bits per heavy atom. The Balaban J connectivity index is 2.08. The van der Waals surface area contributed by atoms with Crippen LogP contribution in [0.25, 0.3) is 0 Å². The van der Waals surface area contributed by atoms with Crippen LogP contribution in [0.4, 0.5) is 5.69 Å². The molecule has 2 aromatic rings. The Hall–Kier alpha value is -0.590. The molecule has 94 valence electrons. The third-order valence-electron chi connectivity index (χ3n) is 2.30. The van der Waals surface area contributed by atoms with Crippen molar-refractivity contribution in [2.45, 2.75) is 6.54 Å². The van der Waals surface area contributed by atoms with E-state index >= 15 is 0 Å². The van der Waals surface area contributed by atoms with E-state index in [0.717, 1.165) is 15.9 Å². The van der Waals surface area contributed by atoms with E-state index in [4.69, 9.17) is 0 Å². The normalized spacial score (nSPS) is 10.4. The standard InChI is InChI=1S/C12H9Br3N2O/c13-9-3-7(4-10(14)12(9)18)5-16-8-1-2-11(15)17-6-8/h1-4,6,16,18H,5H2. The van der Waals surface area contributed by atoms with Crippen LogP contribution in [0.15, 0.2) is 44.0 Å². The van der Waals surface area contributed by atoms with Gasteiger partial charge in [0.05, 0.1) is 20.8 Å². The van der Waals surface area contributed by atoms with Crippen molar-refractivity contribution in [3.63, 3.8) is 0 Å². The van der Waals surface area contributed by atoms with Crippen LogP contribution in [0.3, 0.4) is 0 Å². The maximum atomic E-state index is 9.62. The lowest BCUT2D eigenvalue weighted by Gasteiger charge is -2.08. The summed E-state index contributed by atoms with van der Waals surface area (Å²) in [5.41, 5.74) is 1.99. The van der Waals surface area contributed by atoms with Gasteiger partial charge in [-0.25, -0.2) is 4.98 Å². The lowest BCUT2D eigenvalue weighted by atomic mass is 10.2. The molecule has 2 N–H and O–H groups in total. The monoisotopic (exact) mass is 434 g/mol. The fraction of sp³-hybridized carbons (Fsp3) is 0.0833. The maximum Gasteiger partial charge on any atom is 0.143 e. The zero-order chi connectivity index (χ0) is 13.1. The molecule has 0 spiro atoms. The fourth-order valence-electron chi connectivity index (χ4n) is 1.40. The highest BCUT2D eigenvalue weighted by Gasteiger charge is 2.05. The number of phenolic OH excluding ortho intramolecular Hbond substituents is 1. The Morgan fingerprint density at radius 2 is 1.78 bits per heavy atom. The summed E-state index contributed by atoms with van der Waals surface area (Å²) >= 11 is 9.90. The highest BCUT2D eigenvalue weighted by Crippen LogP contribution is 2.33. The molecule has 0 bridgehead atoms. The number of nitrogens with one attached hydrogen (secondary N) is 1. The summed E-state index contributed by atoms with van der Waals surface area (Å²) in [6.07, 6.45) is 1.76. The van der Waals surface area contributed by atoms with Gasteiger partial charge in [0.2, 0.25) is 0 Å². The molecule has 1 aromatic heterocycles. The maximum absolute atomic E-state index is 9.62. The molecule has 0 aliphatic carbocycles. The number of anilines is 1. The number of aromatic hydroxyl groups is 1. The number of nitrogens with zero attached hydrogens (tertiary/aromatic N) is 1. The Kier molecular flexibility index (Phi) is 4.64. The topological polar surface area (TPSA) is 45.1 Å². The highest BCUT2D eigenvalue weighted by atomic mass is 79.9. The van der Waals surface area contributed by atoms with Gasteiger partial charge in [0.15, 0.2) is 0 Å². The number of pyridine rings is 1. The quantitative estimate of drug-likeness (QED) is 0.686. The van der Waals surface area contributed by atoms with Gasteiger partial charge in [0.25, 0.3) is 0 Å². The number of halogens is 3. The number of rotatable bonds is 3. The molecule has 3 nitrogen and oxygen atoms in total. The Morgan fingerprint density at radius 3 is 2.33 bits per heavy atom. The summed E-state index contributed by atoms with van der Waals surface area (Å²) in [6, 6.07) is 7.57. The molecule has 0 radical (unpaired) electrons. The predicted octanol–water partition coefficient (Wildman–Crippen LogP) is 4.69. The molecule has 0 saturated carbocycles. The molecule has 2 rings (SSSR count). The summed E-state index contributed by atoms with van der Waals surface area (Å²) < 4.78 is 2.15. The molecule has 0 atom stereocenters. The van der Waals surface area contributed by atoms with E-state index in [0.29, 0.717) is 15.5 Å². The third-order valence-corrected chi connectivity index (χ3v) is 3.98. The van der Waals surface area contributed by atoms with E-state index in [1.165, 1.54) is 0 Å². The molecule has 0 aliphatic rings. The van der Waals surface area contributed by atoms with Crippen LogP contribution < -0.4 is 5.32 Å². The van der Waals surface area contributed by atoms with Gasteiger partial charge in [-0.3, -0.25) is 0 Å². The summed E-state index contributed by atoms with van der Waals surface area (Å²) in [6.45, 7) is 0.654. The molecule has 0 amide bonds. The summed E-state index contributed by atoms with van der Waals surface area (Å²) in [7, 11) is 0. The average Bonchev–Trinajstić information content (AvgIpc) is 2.35. The molecule has 0 fully saturated rings. The van der Waals surface area contributed by atoms with E-state index in [1.54, 1.807) is 6.20 Å². The fourth-order valence-corrected chi connectivity index (χ4v) is 2.92. The second-order valence-electron chi connectivity index (χ2n) is 3.63. The number of aromatic nitrogens is 1. The zero-order valence-corrected chi connectivity index (χ0v) is 13.9. The second-order valence-corrected chi connectivity index (χ2v) is 6.15. The molecule has 1 heterocycles. The van der Waals surface area contributed by atoms with Crippen LogP contribution >= 0.6 is 47.8 Å². The van der Waals surface area contributed by atoms with Gasteiger partial charge < -0.3 is 10.4 Å². The molecule has 18 heavy (non-hydrogen) atoms. The molecular formula is C12H9Br3N2O. The van der Waals surface area contributed by atoms with Crippen molar-refractivity contribution < 1.29 is 5.11 Å². The van der Waals surface area contributed by atoms with Crippen molar-refractivity contribution in [3.8, 4) is 5.75 Å². The second kappa shape index (κ2) is 6.04. The van der Waals surface area contributed by atoms with Gasteiger partial charge in [-0.05, 0) is 77.6 Å². The van der Waals surface area contributed by atoms with E-state index in [-0.39, 0.29) is 5.75 Å². The van der Waals surface area contributed by atoms with Crippen LogP contribution in [0.1, 0.15) is 5.56 Å². The number of phenols is 1. The predicted molar refractivity (Wildman–Crippen MR) is 82.8 cm³/mol. The van der Waals surface area contributed by atoms with Crippen LogP contribution in [-0.4, -0.2) is 10.1 Å². The SMILES string of the molecule is Oc1c(Br)cc(CNc2ccc(Br)nc2)cc1Br. The van der Waals surface area contributed by atoms with Gasteiger partial charge in [0, 0.05) is 6.54 Å². The minimum Gasteiger partial charge on any atom is -0.506 e. The lowest BCUT2D eigenvalue weighted by Crippen LogP contribution is -1.99. The van der Waals surface area contributed by atoms with Crippen molar-refractivity contribution in [2.75, 3.05) is 5.32 Å². The largest absolute Gasteiger partial charge is 0.506 e. The zero-order valence-electron chi connectivity index (χ0n) is 9.12. The summed E-state index contributed by atoms with van der Waals surface area (Å²) in [4.78, 5) is 4.14. The van der Waals surface area contributed by atoms with Crippen LogP contribution in [0, 0.1) is 0 Å². The minimum absolute atomic E-state index is 0.212. The summed E-state index contributed by atoms with van der Waals surface area (Å²) in [5, 5.41) is 12.9. The molecule has 0 aliphatic heterocycles. The van der Waals surface area contributed by atoms with E-state index in [2.05, 4.69) is 58.1 Å². The molecule has 0 saturated heterocycles. The van der Waals surface area contributed by atoms with E-state index in [1.807, 2.05) is 24.3 Å². The Bertz CT molecular complexity index is 535. The van der Waals surface area contributed by atoms with Gasteiger partial charge in [-0.15, -0.1) is 0 Å². The first-order chi connectivity index (χ1) is 8.56. The van der Waals surface area contributed by atoms with Gasteiger partial charge in [-0.1, -0.05) is 0 Å².